The van der Waals surface area contributed by atoms with E-state index in [2.05, 4.69) is 94.0 Å². The molecule has 0 aliphatic carbocycles. The van der Waals surface area contributed by atoms with Crippen LogP contribution < -0.4 is 0 Å². The van der Waals surface area contributed by atoms with Crippen molar-refractivity contribution < 1.29 is 8.83 Å². The molecule has 0 saturated heterocycles. The zero-order chi connectivity index (χ0) is 32.2. The van der Waals surface area contributed by atoms with Gasteiger partial charge in [0.1, 0.15) is 22.2 Å². The number of furan rings is 2. The van der Waals surface area contributed by atoms with Gasteiger partial charge in [-0.15, -0.1) is 0 Å². The molecule has 0 radical (unpaired) electrons. The number of benzene rings is 4. The number of nitrogens with zero attached hydrogens (tertiary/aromatic N) is 8. The number of hydrogen-bond acceptors (Lipinski definition) is 6. The van der Waals surface area contributed by atoms with Crippen LogP contribution in [0.15, 0.2) is 131 Å². The summed E-state index contributed by atoms with van der Waals surface area (Å²) in [7, 11) is 0. The molecule has 0 aliphatic heterocycles. The maximum Gasteiger partial charge on any atom is 0.234 e. The molecule has 0 aliphatic rings. The van der Waals surface area contributed by atoms with Gasteiger partial charge < -0.3 is 17.6 Å². The highest BCUT2D eigenvalue weighted by atomic mass is 16.3. The third-order valence-electron chi connectivity index (χ3n) is 10.4. The van der Waals surface area contributed by atoms with Crippen molar-refractivity contribution in [2.24, 2.45) is 0 Å². The molecule has 0 atom stereocenters. The van der Waals surface area contributed by atoms with E-state index >= 15 is 0 Å². The summed E-state index contributed by atoms with van der Waals surface area (Å²) in [5.41, 5.74) is 10.4. The van der Waals surface area contributed by atoms with E-state index in [-0.39, 0.29) is 0 Å². The molecule has 10 heteroatoms. The second kappa shape index (κ2) is 8.44. The Morgan fingerprint density at radius 3 is 1.24 bits per heavy atom. The van der Waals surface area contributed by atoms with E-state index in [1.807, 2.05) is 33.3 Å². The minimum Gasteiger partial charge on any atom is -0.453 e. The molecule has 13 aromatic rings. The lowest BCUT2D eigenvalue weighted by Gasteiger charge is -2.04. The van der Waals surface area contributed by atoms with Crippen LogP contribution in [0.3, 0.4) is 0 Å². The summed E-state index contributed by atoms with van der Waals surface area (Å²) in [6.45, 7) is 0. The van der Waals surface area contributed by atoms with Gasteiger partial charge in [0, 0.05) is 68.1 Å². The minimum absolute atomic E-state index is 0.547. The quantitative estimate of drug-likeness (QED) is 0.163. The zero-order valence-electron chi connectivity index (χ0n) is 25.9. The van der Waals surface area contributed by atoms with Crippen LogP contribution in [0.25, 0.3) is 110 Å². The van der Waals surface area contributed by atoms with Crippen LogP contribution >= 0.6 is 0 Å². The van der Waals surface area contributed by atoms with Crippen LogP contribution in [0, 0.1) is 0 Å². The fourth-order valence-electron chi connectivity index (χ4n) is 8.06. The molecular formula is C40H20N8O2. The molecule has 0 N–H and O–H groups in total. The molecule has 4 aromatic carbocycles. The van der Waals surface area contributed by atoms with Gasteiger partial charge in [-0.05, 0) is 60.7 Å². The molecule has 13 rings (SSSR count). The first-order valence-corrected chi connectivity index (χ1v) is 16.4. The van der Waals surface area contributed by atoms with E-state index in [0.717, 1.165) is 87.6 Å². The molecule has 0 saturated carbocycles. The first-order chi connectivity index (χ1) is 24.7. The van der Waals surface area contributed by atoms with Gasteiger partial charge in [-0.25, -0.2) is 19.9 Å². The highest BCUT2D eigenvalue weighted by molar-refractivity contribution is 6.10. The second-order valence-electron chi connectivity index (χ2n) is 13.0. The predicted octanol–water partition coefficient (Wildman–Crippen LogP) is 9.25. The average molecular weight is 645 g/mol. The Morgan fingerprint density at radius 2 is 0.800 bits per heavy atom. The van der Waals surface area contributed by atoms with Gasteiger partial charge in [0.15, 0.2) is 11.2 Å². The Hall–Kier alpha value is -7.20. The van der Waals surface area contributed by atoms with Crippen LogP contribution in [0.5, 0.6) is 0 Å². The summed E-state index contributed by atoms with van der Waals surface area (Å²) in [5.74, 6) is 1.09. The Balaban J connectivity index is 1.32. The number of rotatable bonds is 0. The Kier molecular flexibility index (Phi) is 4.20. The van der Waals surface area contributed by atoms with Crippen LogP contribution in [0.1, 0.15) is 0 Å². The summed E-state index contributed by atoms with van der Waals surface area (Å²) in [6, 6.07) is 29.7. The van der Waals surface area contributed by atoms with Crippen LogP contribution in [0.4, 0.5) is 0 Å². The van der Waals surface area contributed by atoms with Crippen molar-refractivity contribution in [3.8, 4) is 0 Å². The maximum atomic E-state index is 6.28. The largest absolute Gasteiger partial charge is 0.453 e. The Bertz CT molecular complexity index is 3200. The van der Waals surface area contributed by atoms with Crippen molar-refractivity contribution in [3.63, 3.8) is 0 Å². The molecule has 0 unspecified atom stereocenters. The van der Waals surface area contributed by atoms with E-state index in [4.69, 9.17) is 28.8 Å². The van der Waals surface area contributed by atoms with E-state index in [1.165, 1.54) is 0 Å². The lowest BCUT2D eigenvalue weighted by atomic mass is 10.2. The summed E-state index contributed by atoms with van der Waals surface area (Å²) in [4.78, 5) is 19.9. The fraction of sp³-hybridized carbons (Fsp3) is 0. The van der Waals surface area contributed by atoms with Crippen molar-refractivity contribution in [2.75, 3.05) is 0 Å². The molecule has 50 heavy (non-hydrogen) atoms. The van der Waals surface area contributed by atoms with Gasteiger partial charge >= 0.3 is 0 Å². The Labute approximate surface area is 278 Å². The van der Waals surface area contributed by atoms with Gasteiger partial charge in [0.2, 0.25) is 11.6 Å². The van der Waals surface area contributed by atoms with Crippen LogP contribution in [0.2, 0.25) is 0 Å². The Morgan fingerprint density at radius 1 is 0.400 bits per heavy atom. The molecule has 10 nitrogen and oxygen atoms in total. The van der Waals surface area contributed by atoms with Crippen molar-refractivity contribution in [1.82, 2.24) is 37.5 Å². The van der Waals surface area contributed by atoms with E-state index in [0.29, 0.717) is 22.7 Å². The third kappa shape index (κ3) is 3.00. The van der Waals surface area contributed by atoms with Crippen molar-refractivity contribution in [3.05, 3.63) is 122 Å². The zero-order valence-corrected chi connectivity index (χ0v) is 25.9. The van der Waals surface area contributed by atoms with Crippen molar-refractivity contribution >= 4 is 110 Å². The summed E-state index contributed by atoms with van der Waals surface area (Å²) >= 11 is 0. The summed E-state index contributed by atoms with van der Waals surface area (Å²) in [5, 5.41) is 6.23. The fourth-order valence-corrected chi connectivity index (χ4v) is 8.06. The monoisotopic (exact) mass is 644 g/mol. The standard InChI is InChI=1S/C40H20N8O2/c1-2-22-10-14-46-26-6-8-30-28(18-26)34-32(50-30)20-42-40(44-34)48-16-12-24-4-3-23-11-15-47(37(23)38(24)48)39-41-19-31-33(43-39)27-17-25(5-7-29(27)49-31)45-13-9-21(1)35(45)36(22)46/h1-20H. The SMILES string of the molecule is c1cc2ccn3c4ccc5oc6cnc(nc6c5c4)n4ccc5ccc6ccn(c7ncc8oc9ccc(cc9c8n7)n7ccc1c7c23)c6c54. The molecular weight excluding hydrogens is 624 g/mol. The van der Waals surface area contributed by atoms with E-state index in [1.54, 1.807) is 12.4 Å². The van der Waals surface area contributed by atoms with Crippen LogP contribution in [-0.4, -0.2) is 37.5 Å². The highest BCUT2D eigenvalue weighted by Crippen LogP contribution is 2.34. The average Bonchev–Trinajstić information content (AvgIpc) is 4.00. The topological polar surface area (TPSA) is 95.5 Å². The minimum atomic E-state index is 0.547. The summed E-state index contributed by atoms with van der Waals surface area (Å²) < 4.78 is 21.1. The molecule has 0 amide bonds. The van der Waals surface area contributed by atoms with Gasteiger partial charge in [0.25, 0.3) is 0 Å². The van der Waals surface area contributed by atoms with Crippen molar-refractivity contribution in [1.29, 1.82) is 0 Å². The number of fused-ring (bicyclic) bond motifs is 8. The molecule has 232 valence electrons. The van der Waals surface area contributed by atoms with Gasteiger partial charge in [0.05, 0.1) is 34.5 Å². The van der Waals surface area contributed by atoms with Gasteiger partial charge in [-0.2, -0.15) is 0 Å². The molecule has 9 heterocycles. The molecule has 0 spiro atoms. The molecule has 9 aromatic heterocycles. The maximum absolute atomic E-state index is 6.28. The first kappa shape index (κ1) is 24.9. The van der Waals surface area contributed by atoms with E-state index in [9.17, 15) is 0 Å². The predicted molar refractivity (Wildman–Crippen MR) is 195 cm³/mol. The second-order valence-corrected chi connectivity index (χ2v) is 13.0. The third-order valence-corrected chi connectivity index (χ3v) is 10.4. The first-order valence-electron chi connectivity index (χ1n) is 16.4. The van der Waals surface area contributed by atoms with Crippen LogP contribution in [-0.2, 0) is 0 Å². The molecule has 0 fully saturated rings. The van der Waals surface area contributed by atoms with Gasteiger partial charge in [-0.3, -0.25) is 8.80 Å². The van der Waals surface area contributed by atoms with Crippen molar-refractivity contribution in [2.45, 2.75) is 0 Å². The number of aromatic nitrogens is 8. The normalized spacial score (nSPS) is 12.8. The number of hydrogen-bond donors (Lipinski definition) is 0. The molecule has 8 bridgehead atoms. The lowest BCUT2D eigenvalue weighted by molar-refractivity contribution is 0.665. The van der Waals surface area contributed by atoms with E-state index < -0.39 is 0 Å². The summed E-state index contributed by atoms with van der Waals surface area (Å²) in [6.07, 6.45) is 11.8. The highest BCUT2D eigenvalue weighted by Gasteiger charge is 2.16. The smallest absolute Gasteiger partial charge is 0.234 e. The lowest BCUT2D eigenvalue weighted by Crippen LogP contribution is -1.94. The van der Waals surface area contributed by atoms with Gasteiger partial charge in [-0.1, -0.05) is 24.3 Å².